The summed E-state index contributed by atoms with van der Waals surface area (Å²) in [4.78, 5) is 2.20. The van der Waals surface area contributed by atoms with Gasteiger partial charge in [-0.15, -0.1) is 0 Å². The molecule has 1 aliphatic heterocycles. The molecule has 1 aliphatic rings. The molecule has 2 rings (SSSR count). The van der Waals surface area contributed by atoms with Crippen molar-refractivity contribution in [1.29, 1.82) is 0 Å². The van der Waals surface area contributed by atoms with E-state index in [0.29, 0.717) is 6.04 Å². The third-order valence-electron chi connectivity index (χ3n) is 2.56. The Bertz CT molecular complexity index is 380. The van der Waals surface area contributed by atoms with Crippen LogP contribution in [0.25, 0.3) is 0 Å². The van der Waals surface area contributed by atoms with Gasteiger partial charge in [0, 0.05) is 19.2 Å². The predicted molar refractivity (Wildman–Crippen MR) is 56.4 cm³/mol. The number of rotatable bonds is 1. The van der Waals surface area contributed by atoms with E-state index in [0.717, 1.165) is 0 Å². The van der Waals surface area contributed by atoms with Crippen LogP contribution in [0.1, 0.15) is 11.7 Å². The van der Waals surface area contributed by atoms with E-state index >= 15 is 0 Å². The standard InChI is InChI=1S/C12H15N2/c1-13-9-5-3-7-11(13)12-8-4-6-10-14(12)2/h3-11H,1-2H3/q+1. The highest BCUT2D eigenvalue weighted by Gasteiger charge is 2.20. The summed E-state index contributed by atoms with van der Waals surface area (Å²) in [5.41, 5.74) is 1.30. The molecule has 0 bridgehead atoms. The Morgan fingerprint density at radius 1 is 1.29 bits per heavy atom. The normalized spacial score (nSPS) is 20.1. The summed E-state index contributed by atoms with van der Waals surface area (Å²) in [6, 6.07) is 6.64. The molecule has 0 spiro atoms. The Hall–Kier alpha value is -1.57. The smallest absolute Gasteiger partial charge is 0.207 e. The fourth-order valence-corrected chi connectivity index (χ4v) is 1.73. The van der Waals surface area contributed by atoms with Crippen LogP contribution >= 0.6 is 0 Å². The van der Waals surface area contributed by atoms with Crippen molar-refractivity contribution in [3.05, 3.63) is 54.5 Å². The molecule has 0 fully saturated rings. The first kappa shape index (κ1) is 9.00. The van der Waals surface area contributed by atoms with Crippen molar-refractivity contribution in [2.24, 2.45) is 7.05 Å². The van der Waals surface area contributed by atoms with Crippen molar-refractivity contribution >= 4 is 0 Å². The molecule has 1 unspecified atom stereocenters. The van der Waals surface area contributed by atoms with Crippen molar-refractivity contribution in [2.75, 3.05) is 7.05 Å². The minimum atomic E-state index is 0.353. The summed E-state index contributed by atoms with van der Waals surface area (Å²) < 4.78 is 2.16. The molecule has 0 N–H and O–H groups in total. The van der Waals surface area contributed by atoms with Gasteiger partial charge < -0.3 is 4.90 Å². The number of nitrogens with zero attached hydrogens (tertiary/aromatic N) is 2. The molecule has 2 nitrogen and oxygen atoms in total. The zero-order valence-corrected chi connectivity index (χ0v) is 8.59. The Kier molecular flexibility index (Phi) is 2.35. The Balaban J connectivity index is 2.36. The molecule has 2 heteroatoms. The van der Waals surface area contributed by atoms with Gasteiger partial charge in [-0.2, -0.15) is 0 Å². The first-order chi connectivity index (χ1) is 6.79. The molecule has 72 valence electrons. The van der Waals surface area contributed by atoms with Gasteiger partial charge >= 0.3 is 0 Å². The molecule has 2 heterocycles. The maximum absolute atomic E-state index is 2.20. The van der Waals surface area contributed by atoms with Crippen molar-refractivity contribution in [2.45, 2.75) is 6.04 Å². The molecule has 0 amide bonds. The maximum Gasteiger partial charge on any atom is 0.207 e. The molecule has 14 heavy (non-hydrogen) atoms. The van der Waals surface area contributed by atoms with Crippen molar-refractivity contribution < 1.29 is 4.57 Å². The Morgan fingerprint density at radius 3 is 2.86 bits per heavy atom. The molecule has 0 saturated heterocycles. The average molecular weight is 187 g/mol. The van der Waals surface area contributed by atoms with E-state index in [9.17, 15) is 0 Å². The summed E-state index contributed by atoms with van der Waals surface area (Å²) in [7, 11) is 4.17. The molecule has 0 aliphatic carbocycles. The summed E-state index contributed by atoms with van der Waals surface area (Å²) in [5.74, 6) is 0. The van der Waals surface area contributed by atoms with Crippen LogP contribution in [0.5, 0.6) is 0 Å². The molecule has 0 saturated carbocycles. The maximum atomic E-state index is 2.20. The van der Waals surface area contributed by atoms with Gasteiger partial charge in [-0.25, -0.2) is 4.57 Å². The third kappa shape index (κ3) is 1.55. The quantitative estimate of drug-likeness (QED) is 0.605. The van der Waals surface area contributed by atoms with Crippen LogP contribution in [0.2, 0.25) is 0 Å². The molecule has 1 atom stereocenters. The summed E-state index contributed by atoms with van der Waals surface area (Å²) >= 11 is 0. The molecular weight excluding hydrogens is 172 g/mol. The number of hydrogen-bond acceptors (Lipinski definition) is 1. The number of aryl methyl sites for hydroxylation is 1. The highest BCUT2D eigenvalue weighted by atomic mass is 15.1. The average Bonchev–Trinajstić information content (AvgIpc) is 2.20. The molecule has 0 radical (unpaired) electrons. The predicted octanol–water partition coefficient (Wildman–Crippen LogP) is 1.57. The fourth-order valence-electron chi connectivity index (χ4n) is 1.73. The lowest BCUT2D eigenvalue weighted by Crippen LogP contribution is -2.37. The van der Waals surface area contributed by atoms with Crippen LogP contribution in [-0.4, -0.2) is 11.9 Å². The summed E-state index contributed by atoms with van der Waals surface area (Å²) in [6.45, 7) is 0. The van der Waals surface area contributed by atoms with Gasteiger partial charge in [-0.1, -0.05) is 18.2 Å². The largest absolute Gasteiger partial charge is 0.365 e. The van der Waals surface area contributed by atoms with Crippen LogP contribution < -0.4 is 4.57 Å². The Morgan fingerprint density at radius 2 is 2.14 bits per heavy atom. The number of hydrogen-bond donors (Lipinski definition) is 0. The molecule has 0 aromatic carbocycles. The van der Waals surface area contributed by atoms with E-state index in [-0.39, 0.29) is 0 Å². The fraction of sp³-hybridized carbons (Fsp3) is 0.250. The SMILES string of the molecule is CN1C=CC=CC1c1cccc[n+]1C. The van der Waals surface area contributed by atoms with E-state index in [2.05, 4.69) is 66.3 Å². The molecule has 1 aromatic heterocycles. The van der Waals surface area contributed by atoms with Crippen LogP contribution in [-0.2, 0) is 7.05 Å². The monoisotopic (exact) mass is 187 g/mol. The number of aromatic nitrogens is 1. The first-order valence-electron chi connectivity index (χ1n) is 4.80. The van der Waals surface area contributed by atoms with Crippen LogP contribution in [0.4, 0.5) is 0 Å². The van der Waals surface area contributed by atoms with Crippen molar-refractivity contribution in [3.8, 4) is 0 Å². The van der Waals surface area contributed by atoms with E-state index in [4.69, 9.17) is 0 Å². The van der Waals surface area contributed by atoms with Crippen molar-refractivity contribution in [1.82, 2.24) is 4.90 Å². The van der Waals surface area contributed by atoms with Crippen LogP contribution in [0.15, 0.2) is 48.8 Å². The van der Waals surface area contributed by atoms with Gasteiger partial charge in [0.15, 0.2) is 6.20 Å². The van der Waals surface area contributed by atoms with Crippen LogP contribution in [0, 0.1) is 0 Å². The highest BCUT2D eigenvalue weighted by molar-refractivity contribution is 5.19. The summed E-state index contributed by atoms with van der Waals surface area (Å²) in [5, 5.41) is 0. The van der Waals surface area contributed by atoms with Gasteiger partial charge in [-0.05, 0) is 12.3 Å². The molecule has 1 aromatic rings. The Labute approximate surface area is 84.8 Å². The second-order valence-corrected chi connectivity index (χ2v) is 3.57. The number of allylic oxidation sites excluding steroid dienone is 2. The lowest BCUT2D eigenvalue weighted by Gasteiger charge is -2.23. The van der Waals surface area contributed by atoms with Crippen LogP contribution in [0.3, 0.4) is 0 Å². The zero-order chi connectivity index (χ0) is 9.97. The second-order valence-electron chi connectivity index (χ2n) is 3.57. The topological polar surface area (TPSA) is 7.12 Å². The van der Waals surface area contributed by atoms with Gasteiger partial charge in [0.2, 0.25) is 5.69 Å². The second kappa shape index (κ2) is 3.66. The highest BCUT2D eigenvalue weighted by Crippen LogP contribution is 2.20. The number of likely N-dealkylation sites (N-methyl/N-ethyl adjacent to an activating group) is 1. The van der Waals surface area contributed by atoms with E-state index in [1.54, 1.807) is 0 Å². The lowest BCUT2D eigenvalue weighted by atomic mass is 10.1. The summed E-state index contributed by atoms with van der Waals surface area (Å²) in [6.07, 6.45) is 10.5. The van der Waals surface area contributed by atoms with Crippen molar-refractivity contribution in [3.63, 3.8) is 0 Å². The minimum absolute atomic E-state index is 0.353. The minimum Gasteiger partial charge on any atom is -0.365 e. The third-order valence-corrected chi connectivity index (χ3v) is 2.56. The van der Waals surface area contributed by atoms with Gasteiger partial charge in [0.05, 0.1) is 0 Å². The van der Waals surface area contributed by atoms with E-state index in [1.165, 1.54) is 5.69 Å². The van der Waals surface area contributed by atoms with Gasteiger partial charge in [0.1, 0.15) is 13.1 Å². The van der Waals surface area contributed by atoms with E-state index < -0.39 is 0 Å². The van der Waals surface area contributed by atoms with Gasteiger partial charge in [-0.3, -0.25) is 0 Å². The molecular formula is C12H15N2+. The first-order valence-corrected chi connectivity index (χ1v) is 4.80. The zero-order valence-electron chi connectivity index (χ0n) is 8.59. The van der Waals surface area contributed by atoms with E-state index in [1.807, 2.05) is 6.07 Å². The number of pyridine rings is 1. The lowest BCUT2D eigenvalue weighted by molar-refractivity contribution is -0.681. The van der Waals surface area contributed by atoms with Gasteiger partial charge in [0.25, 0.3) is 0 Å².